The van der Waals surface area contributed by atoms with Crippen LogP contribution in [0.25, 0.3) is 0 Å². The second kappa shape index (κ2) is 9.26. The fraction of sp³-hybridized carbons (Fsp3) is 0.304. The van der Waals surface area contributed by atoms with Crippen LogP contribution in [0.3, 0.4) is 0 Å². The quantitative estimate of drug-likeness (QED) is 0.470. The molecule has 3 aromatic rings. The van der Waals surface area contributed by atoms with E-state index in [-0.39, 0.29) is 17.3 Å². The summed E-state index contributed by atoms with van der Waals surface area (Å²) in [5.41, 5.74) is 5.19. The minimum absolute atomic E-state index is 0.0601. The highest BCUT2D eigenvalue weighted by atomic mass is 32.2. The molecule has 0 atom stereocenters. The molecule has 2 heterocycles. The third kappa shape index (κ3) is 4.79. The van der Waals surface area contributed by atoms with Crippen LogP contribution < -0.4 is 11.0 Å². The van der Waals surface area contributed by atoms with Gasteiger partial charge in [-0.25, -0.2) is 4.79 Å². The number of aromatic nitrogens is 3. The van der Waals surface area contributed by atoms with Crippen LogP contribution in [0.4, 0.5) is 0 Å². The molecule has 154 valence electrons. The van der Waals surface area contributed by atoms with E-state index in [1.807, 2.05) is 43.3 Å². The molecule has 1 aromatic carbocycles. The number of rotatable bonds is 7. The third-order valence-corrected chi connectivity index (χ3v) is 6.26. The summed E-state index contributed by atoms with van der Waals surface area (Å²) >= 11 is 1.35. The van der Waals surface area contributed by atoms with E-state index in [1.165, 1.54) is 17.3 Å². The lowest BCUT2D eigenvalue weighted by Crippen LogP contribution is -2.28. The first kappa shape index (κ1) is 20.3. The van der Waals surface area contributed by atoms with E-state index < -0.39 is 0 Å². The van der Waals surface area contributed by atoms with Gasteiger partial charge in [0.05, 0.1) is 12.3 Å². The van der Waals surface area contributed by atoms with Gasteiger partial charge in [-0.3, -0.25) is 14.3 Å². The monoisotopic (exact) mass is 420 g/mol. The van der Waals surface area contributed by atoms with Gasteiger partial charge >= 0.3 is 5.69 Å². The van der Waals surface area contributed by atoms with Gasteiger partial charge < -0.3 is 5.32 Å². The number of hydrogen-bond donors (Lipinski definition) is 1. The van der Waals surface area contributed by atoms with Crippen molar-refractivity contribution in [2.24, 2.45) is 0 Å². The van der Waals surface area contributed by atoms with Crippen molar-refractivity contribution in [3.8, 4) is 0 Å². The Bertz CT molecular complexity index is 1090. The minimum atomic E-state index is -0.255. The highest BCUT2D eigenvalue weighted by Crippen LogP contribution is 2.29. The predicted octanol–water partition coefficient (Wildman–Crippen LogP) is 2.89. The summed E-state index contributed by atoms with van der Waals surface area (Å²) in [6.45, 7) is 3.03. The van der Waals surface area contributed by atoms with Crippen molar-refractivity contribution in [1.29, 1.82) is 0 Å². The highest BCUT2D eigenvalue weighted by molar-refractivity contribution is 7.99. The Labute approximate surface area is 179 Å². The molecule has 1 N–H and O–H groups in total. The second-order valence-electron chi connectivity index (χ2n) is 7.47. The molecular formula is C23H24N4O2S. The lowest BCUT2D eigenvalue weighted by atomic mass is 10.1. The largest absolute Gasteiger partial charge is 0.351 e. The normalized spacial score (nSPS) is 12.6. The fourth-order valence-electron chi connectivity index (χ4n) is 3.63. The molecule has 1 aliphatic carbocycles. The smallest absolute Gasteiger partial charge is 0.349 e. The molecule has 1 amide bonds. The Morgan fingerprint density at radius 1 is 1.10 bits per heavy atom. The predicted molar refractivity (Wildman–Crippen MR) is 118 cm³/mol. The number of thioether (sulfide) groups is 1. The van der Waals surface area contributed by atoms with Gasteiger partial charge in [-0.1, -0.05) is 41.6 Å². The summed E-state index contributed by atoms with van der Waals surface area (Å²) in [7, 11) is 0. The summed E-state index contributed by atoms with van der Waals surface area (Å²) in [5, 5.41) is 3.64. The first-order valence-corrected chi connectivity index (χ1v) is 11.1. The molecule has 30 heavy (non-hydrogen) atoms. The number of nitrogens with one attached hydrogen (secondary N) is 1. The molecule has 0 aliphatic heterocycles. The molecule has 1 aliphatic rings. The second-order valence-corrected chi connectivity index (χ2v) is 8.43. The Kier molecular flexibility index (Phi) is 6.28. The maximum atomic E-state index is 12.7. The van der Waals surface area contributed by atoms with Gasteiger partial charge in [-0.2, -0.15) is 4.98 Å². The zero-order chi connectivity index (χ0) is 20.9. The molecule has 0 radical (unpaired) electrons. The lowest BCUT2D eigenvalue weighted by Gasteiger charge is -2.14. The van der Waals surface area contributed by atoms with E-state index in [4.69, 9.17) is 0 Å². The van der Waals surface area contributed by atoms with Crippen LogP contribution in [0.2, 0.25) is 0 Å². The number of pyridine rings is 1. The van der Waals surface area contributed by atoms with Crippen LogP contribution in [0, 0.1) is 6.92 Å². The number of nitrogens with zero attached hydrogens (tertiary/aromatic N) is 3. The molecule has 0 spiro atoms. The number of carbonyl (C=O) groups excluding carboxylic acids is 1. The van der Waals surface area contributed by atoms with E-state index in [0.29, 0.717) is 18.1 Å². The van der Waals surface area contributed by atoms with Crippen LogP contribution in [0.15, 0.2) is 58.6 Å². The topological polar surface area (TPSA) is 76.9 Å². The average Bonchev–Trinajstić information content (AvgIpc) is 3.25. The van der Waals surface area contributed by atoms with Crippen molar-refractivity contribution in [2.75, 3.05) is 5.75 Å². The number of amides is 1. The molecule has 4 rings (SSSR count). The highest BCUT2D eigenvalue weighted by Gasteiger charge is 2.22. The van der Waals surface area contributed by atoms with Crippen molar-refractivity contribution < 1.29 is 4.79 Å². The summed E-state index contributed by atoms with van der Waals surface area (Å²) in [6, 6.07) is 11.9. The Balaban J connectivity index is 1.42. The van der Waals surface area contributed by atoms with Crippen molar-refractivity contribution in [3.63, 3.8) is 0 Å². The number of carbonyl (C=O) groups is 1. The average molecular weight is 421 g/mol. The summed E-state index contributed by atoms with van der Waals surface area (Å²) in [4.78, 5) is 33.4. The van der Waals surface area contributed by atoms with Crippen LogP contribution >= 0.6 is 11.8 Å². The Morgan fingerprint density at radius 2 is 1.87 bits per heavy atom. The molecule has 0 saturated carbocycles. The zero-order valence-electron chi connectivity index (χ0n) is 16.9. The van der Waals surface area contributed by atoms with Crippen LogP contribution in [-0.2, 0) is 30.7 Å². The standard InChI is InChI=1S/C23H24N4O2S/c1-16-5-7-17(8-6-16)13-25-21(28)15-30-22-19-3-2-4-20(19)27(23(29)26-22)14-18-9-11-24-12-10-18/h5-12H,2-4,13-15H2,1H3,(H,25,28). The molecular weight excluding hydrogens is 396 g/mol. The molecule has 2 aromatic heterocycles. The first-order chi connectivity index (χ1) is 14.6. The van der Waals surface area contributed by atoms with Gasteiger partial charge in [0.15, 0.2) is 0 Å². The van der Waals surface area contributed by atoms with E-state index in [0.717, 1.165) is 41.6 Å². The molecule has 0 saturated heterocycles. The molecule has 0 fully saturated rings. The van der Waals surface area contributed by atoms with E-state index in [1.54, 1.807) is 17.0 Å². The molecule has 0 unspecified atom stereocenters. The van der Waals surface area contributed by atoms with Gasteiger partial charge in [-0.15, -0.1) is 0 Å². The number of fused-ring (bicyclic) bond motifs is 1. The van der Waals surface area contributed by atoms with Gasteiger partial charge in [0, 0.05) is 30.2 Å². The van der Waals surface area contributed by atoms with Gasteiger partial charge in [0.25, 0.3) is 0 Å². The number of benzene rings is 1. The SMILES string of the molecule is Cc1ccc(CNC(=O)CSc2nc(=O)n(Cc3ccncc3)c3c2CCC3)cc1. The maximum Gasteiger partial charge on any atom is 0.349 e. The van der Waals surface area contributed by atoms with Gasteiger partial charge in [0.2, 0.25) is 5.91 Å². The van der Waals surface area contributed by atoms with E-state index >= 15 is 0 Å². The molecule has 6 nitrogen and oxygen atoms in total. The van der Waals surface area contributed by atoms with Crippen molar-refractivity contribution in [1.82, 2.24) is 19.9 Å². The minimum Gasteiger partial charge on any atom is -0.351 e. The summed E-state index contributed by atoms with van der Waals surface area (Å²) < 4.78 is 1.76. The summed E-state index contributed by atoms with van der Waals surface area (Å²) in [5.74, 6) is 0.189. The van der Waals surface area contributed by atoms with Crippen LogP contribution in [0.5, 0.6) is 0 Å². The first-order valence-electron chi connectivity index (χ1n) is 10.1. The van der Waals surface area contributed by atoms with Crippen molar-refractivity contribution in [2.45, 2.75) is 44.3 Å². The van der Waals surface area contributed by atoms with Gasteiger partial charge in [-0.05, 0) is 49.4 Å². The maximum absolute atomic E-state index is 12.7. The van der Waals surface area contributed by atoms with Crippen LogP contribution in [0.1, 0.15) is 34.4 Å². The number of hydrogen-bond acceptors (Lipinski definition) is 5. The van der Waals surface area contributed by atoms with Crippen LogP contribution in [-0.4, -0.2) is 26.2 Å². The van der Waals surface area contributed by atoms with E-state index in [2.05, 4.69) is 15.3 Å². The third-order valence-electron chi connectivity index (χ3n) is 5.24. The molecule has 0 bridgehead atoms. The Hall–Kier alpha value is -2.93. The van der Waals surface area contributed by atoms with Crippen molar-refractivity contribution in [3.05, 3.63) is 87.2 Å². The lowest BCUT2D eigenvalue weighted by molar-refractivity contribution is -0.118. The fourth-order valence-corrected chi connectivity index (χ4v) is 4.54. The number of aryl methyl sites for hydroxylation is 1. The van der Waals surface area contributed by atoms with E-state index in [9.17, 15) is 9.59 Å². The van der Waals surface area contributed by atoms with Gasteiger partial charge in [0.1, 0.15) is 5.03 Å². The molecule has 7 heteroatoms. The summed E-state index contributed by atoms with van der Waals surface area (Å²) in [6.07, 6.45) is 6.22. The zero-order valence-corrected chi connectivity index (χ0v) is 17.7. The van der Waals surface area contributed by atoms with Crippen molar-refractivity contribution >= 4 is 17.7 Å². The Morgan fingerprint density at radius 3 is 2.63 bits per heavy atom.